The zero-order valence-electron chi connectivity index (χ0n) is 28.6. The van der Waals surface area contributed by atoms with Gasteiger partial charge >= 0.3 is 0 Å². The monoisotopic (exact) mass is 690 g/mol. The fourth-order valence-electron chi connectivity index (χ4n) is 9.09. The maximum Gasteiger partial charge on any atom is 0.0640 e. The third-order valence-corrected chi connectivity index (χ3v) is 12.5. The molecule has 3 heteroatoms. The predicted octanol–water partition coefficient (Wildman–Crippen LogP) is 14.6. The van der Waals surface area contributed by atoms with Crippen LogP contribution in [0.25, 0.3) is 91.5 Å². The fraction of sp³-hybridized carbons (Fsp3) is 0. The van der Waals surface area contributed by atoms with Crippen LogP contribution in [0.4, 0.5) is 17.1 Å². The van der Waals surface area contributed by atoms with Crippen LogP contribution in [0.5, 0.6) is 0 Å². The Hall–Kier alpha value is -6.68. The quantitative estimate of drug-likeness (QED) is 0.167. The van der Waals surface area contributed by atoms with Gasteiger partial charge < -0.3 is 9.47 Å². The summed E-state index contributed by atoms with van der Waals surface area (Å²) in [5, 5.41) is 10.3. The number of nitrogens with zero attached hydrogens (tertiary/aromatic N) is 2. The van der Waals surface area contributed by atoms with E-state index >= 15 is 0 Å². The van der Waals surface area contributed by atoms with E-state index in [2.05, 4.69) is 191 Å². The Morgan fingerprint density at radius 1 is 0.415 bits per heavy atom. The summed E-state index contributed by atoms with van der Waals surface area (Å²) in [4.78, 5) is 2.55. The van der Waals surface area contributed by atoms with E-state index in [0.29, 0.717) is 0 Å². The Balaban J connectivity index is 1.20. The first-order chi connectivity index (χ1) is 26.3. The molecule has 0 aliphatic heterocycles. The minimum atomic E-state index is 1.14. The molecule has 53 heavy (non-hydrogen) atoms. The molecular weight excluding hydrogens is 661 g/mol. The molecule has 2 nitrogen and oxygen atoms in total. The number of rotatable bonds is 4. The van der Waals surface area contributed by atoms with Crippen molar-refractivity contribution in [2.75, 3.05) is 4.90 Å². The fourth-order valence-corrected chi connectivity index (χ4v) is 10.3. The second-order valence-electron chi connectivity index (χ2n) is 14.1. The van der Waals surface area contributed by atoms with Gasteiger partial charge in [0.2, 0.25) is 0 Å². The summed E-state index contributed by atoms with van der Waals surface area (Å²) in [5.41, 5.74) is 12.3. The molecule has 0 radical (unpaired) electrons. The molecule has 2 heterocycles. The average Bonchev–Trinajstić information content (AvgIpc) is 3.88. The number of thiophene rings is 1. The second-order valence-corrected chi connectivity index (χ2v) is 15.1. The van der Waals surface area contributed by atoms with Gasteiger partial charge in [0.15, 0.2) is 0 Å². The number of fused-ring (bicyclic) bond motifs is 11. The molecule has 0 fully saturated rings. The van der Waals surface area contributed by atoms with Gasteiger partial charge in [0.25, 0.3) is 0 Å². The van der Waals surface area contributed by atoms with Crippen molar-refractivity contribution in [1.82, 2.24) is 4.57 Å². The summed E-state index contributed by atoms with van der Waals surface area (Å²) in [5.74, 6) is 0. The van der Waals surface area contributed by atoms with Crippen LogP contribution < -0.4 is 4.90 Å². The van der Waals surface area contributed by atoms with E-state index in [9.17, 15) is 0 Å². The van der Waals surface area contributed by atoms with Crippen LogP contribution in [0.1, 0.15) is 0 Å². The number of hydrogen-bond donors (Lipinski definition) is 0. The van der Waals surface area contributed by atoms with Crippen LogP contribution in [-0.4, -0.2) is 4.57 Å². The summed E-state index contributed by atoms with van der Waals surface area (Å²) in [7, 11) is 0. The molecule has 0 spiro atoms. The van der Waals surface area contributed by atoms with Crippen LogP contribution in [0, 0.1) is 0 Å². The first-order valence-corrected chi connectivity index (χ1v) is 19.0. The Bertz CT molecular complexity index is 3290. The van der Waals surface area contributed by atoms with Crippen molar-refractivity contribution in [2.24, 2.45) is 0 Å². The maximum atomic E-state index is 2.55. The maximum absolute atomic E-state index is 2.55. The number of aromatic nitrogens is 1. The molecule has 0 bridgehead atoms. The van der Waals surface area contributed by atoms with Crippen molar-refractivity contribution in [3.8, 4) is 27.9 Å². The van der Waals surface area contributed by atoms with Gasteiger partial charge in [-0.05, 0) is 93.3 Å². The molecule has 0 saturated heterocycles. The summed E-state index contributed by atoms with van der Waals surface area (Å²) in [6.07, 6.45) is 0. The lowest BCUT2D eigenvalue weighted by molar-refractivity contribution is 1.18. The van der Waals surface area contributed by atoms with Crippen molar-refractivity contribution < 1.29 is 0 Å². The van der Waals surface area contributed by atoms with E-state index in [1.807, 2.05) is 11.3 Å². The minimum Gasteiger partial charge on any atom is -0.309 e. The van der Waals surface area contributed by atoms with Crippen LogP contribution in [0.15, 0.2) is 182 Å². The molecule has 0 atom stereocenters. The lowest BCUT2D eigenvalue weighted by Crippen LogP contribution is -2.11. The molecule has 1 aliphatic carbocycles. The molecule has 0 amide bonds. The number of para-hydroxylation sites is 2. The standard InChI is InChI=1S/C50H30N2S/c1-2-15-33(16-3-1)51-42-23-8-6-18-36(42)41-30-34(27-28-43(41)51)52(45-25-12-22-40-37-19-7-9-26-46(37)53-50(40)45)44-24-11-21-39-38-20-10-14-32-29-31-13-4-5-17-35(31)49(47(32)38)48(39)44/h1-30H. The van der Waals surface area contributed by atoms with Crippen LogP contribution in [0.3, 0.4) is 0 Å². The molecule has 246 valence electrons. The van der Waals surface area contributed by atoms with E-state index in [0.717, 1.165) is 11.4 Å². The first kappa shape index (κ1) is 29.0. The highest BCUT2D eigenvalue weighted by molar-refractivity contribution is 7.26. The van der Waals surface area contributed by atoms with Gasteiger partial charge in [0, 0.05) is 48.7 Å². The SMILES string of the molecule is c1ccc(-n2c3ccccc3c3cc(N(c4cccc5c4-c4c6ccccc6cc6cccc-5c46)c4cccc5c4sc4ccccc45)ccc32)cc1. The van der Waals surface area contributed by atoms with E-state index in [1.165, 1.54) is 97.2 Å². The van der Waals surface area contributed by atoms with Gasteiger partial charge in [-0.3, -0.25) is 0 Å². The van der Waals surface area contributed by atoms with Crippen molar-refractivity contribution in [3.05, 3.63) is 182 Å². The average molecular weight is 691 g/mol. The van der Waals surface area contributed by atoms with Gasteiger partial charge in [-0.15, -0.1) is 11.3 Å². The Kier molecular flexibility index (Phi) is 5.96. The highest BCUT2D eigenvalue weighted by Crippen LogP contribution is 2.56. The molecule has 12 rings (SSSR count). The zero-order chi connectivity index (χ0) is 34.6. The molecule has 0 saturated carbocycles. The lowest BCUT2D eigenvalue weighted by atomic mass is 9.94. The Morgan fingerprint density at radius 2 is 1.09 bits per heavy atom. The van der Waals surface area contributed by atoms with E-state index in [1.54, 1.807) is 0 Å². The second kappa shape index (κ2) is 10.9. The van der Waals surface area contributed by atoms with E-state index < -0.39 is 0 Å². The van der Waals surface area contributed by atoms with Crippen LogP contribution >= 0.6 is 11.3 Å². The van der Waals surface area contributed by atoms with Crippen LogP contribution in [-0.2, 0) is 0 Å². The lowest BCUT2D eigenvalue weighted by Gasteiger charge is -2.29. The van der Waals surface area contributed by atoms with Crippen molar-refractivity contribution in [2.45, 2.75) is 0 Å². The number of benzene rings is 9. The van der Waals surface area contributed by atoms with Gasteiger partial charge in [-0.25, -0.2) is 0 Å². The van der Waals surface area contributed by atoms with Gasteiger partial charge in [-0.2, -0.15) is 0 Å². The Labute approximate surface area is 310 Å². The molecule has 2 aromatic heterocycles. The molecule has 11 aromatic rings. The minimum absolute atomic E-state index is 1.14. The predicted molar refractivity (Wildman–Crippen MR) is 228 cm³/mol. The van der Waals surface area contributed by atoms with E-state index in [4.69, 9.17) is 0 Å². The summed E-state index contributed by atoms with van der Waals surface area (Å²) >= 11 is 1.89. The molecule has 0 unspecified atom stereocenters. The smallest absolute Gasteiger partial charge is 0.0640 e. The molecule has 1 aliphatic rings. The molecular formula is C50H30N2S. The van der Waals surface area contributed by atoms with Gasteiger partial charge in [0.1, 0.15) is 0 Å². The van der Waals surface area contributed by atoms with Crippen molar-refractivity contribution in [3.63, 3.8) is 0 Å². The van der Waals surface area contributed by atoms with Crippen molar-refractivity contribution >= 4 is 91.9 Å². The van der Waals surface area contributed by atoms with E-state index in [-0.39, 0.29) is 0 Å². The first-order valence-electron chi connectivity index (χ1n) is 18.2. The summed E-state index contributed by atoms with van der Waals surface area (Å²) in [6.45, 7) is 0. The highest BCUT2D eigenvalue weighted by Gasteiger charge is 2.30. The largest absolute Gasteiger partial charge is 0.309 e. The number of anilines is 3. The van der Waals surface area contributed by atoms with Gasteiger partial charge in [-0.1, -0.05) is 121 Å². The summed E-state index contributed by atoms with van der Waals surface area (Å²) in [6, 6.07) is 67.2. The normalized spacial score (nSPS) is 12.2. The summed E-state index contributed by atoms with van der Waals surface area (Å²) < 4.78 is 4.99. The zero-order valence-corrected chi connectivity index (χ0v) is 29.4. The third-order valence-electron chi connectivity index (χ3n) is 11.3. The molecule has 0 N–H and O–H groups in total. The number of hydrogen-bond acceptors (Lipinski definition) is 2. The van der Waals surface area contributed by atoms with Crippen molar-refractivity contribution in [1.29, 1.82) is 0 Å². The Morgan fingerprint density at radius 3 is 2.02 bits per heavy atom. The molecule has 9 aromatic carbocycles. The van der Waals surface area contributed by atoms with Gasteiger partial charge in [0.05, 0.1) is 27.1 Å². The topological polar surface area (TPSA) is 8.17 Å². The van der Waals surface area contributed by atoms with Crippen LogP contribution in [0.2, 0.25) is 0 Å². The third kappa shape index (κ3) is 4.03. The highest BCUT2D eigenvalue weighted by atomic mass is 32.1.